The lowest BCUT2D eigenvalue weighted by molar-refractivity contribution is 0.155. The van der Waals surface area contributed by atoms with Gasteiger partial charge in [0.15, 0.2) is 0 Å². The summed E-state index contributed by atoms with van der Waals surface area (Å²) in [6.07, 6.45) is 8.21. The van der Waals surface area contributed by atoms with Crippen LogP contribution in [0.4, 0.5) is 0 Å². The first kappa shape index (κ1) is 16.7. The Morgan fingerprint density at radius 2 is 1.62 bits per heavy atom. The zero-order chi connectivity index (χ0) is 17.6. The van der Waals surface area contributed by atoms with Gasteiger partial charge < -0.3 is 13.9 Å². The van der Waals surface area contributed by atoms with E-state index in [4.69, 9.17) is 13.9 Å². The van der Waals surface area contributed by atoms with Gasteiger partial charge in [0, 0.05) is 5.56 Å². The zero-order valence-electron chi connectivity index (χ0n) is 14.8. The predicted molar refractivity (Wildman–Crippen MR) is 100 cm³/mol. The molecule has 0 spiro atoms. The lowest BCUT2D eigenvalue weighted by atomic mass is 9.98. The maximum atomic E-state index is 6.04. The average Bonchev–Trinajstić information content (AvgIpc) is 3.18. The van der Waals surface area contributed by atoms with Gasteiger partial charge in [-0.1, -0.05) is 24.6 Å². The van der Waals surface area contributed by atoms with Crippen molar-refractivity contribution >= 4 is 0 Å². The molecule has 0 bridgehead atoms. The van der Waals surface area contributed by atoms with Gasteiger partial charge in [-0.15, -0.1) is 0 Å². The zero-order valence-corrected chi connectivity index (χ0v) is 14.8. The van der Waals surface area contributed by atoms with Crippen molar-refractivity contribution in [3.8, 4) is 23.0 Å². The summed E-state index contributed by atoms with van der Waals surface area (Å²) in [6.45, 7) is 0.374. The molecule has 0 aliphatic heterocycles. The lowest BCUT2D eigenvalue weighted by Crippen LogP contribution is -2.19. The summed E-state index contributed by atoms with van der Waals surface area (Å²) in [6, 6.07) is 17.7. The molecule has 1 heterocycles. The molecular weight excluding hydrogens is 326 g/mol. The third-order valence-corrected chi connectivity index (χ3v) is 4.64. The van der Waals surface area contributed by atoms with E-state index in [1.807, 2.05) is 54.6 Å². The molecule has 4 rings (SSSR count). The number of nitrogens with zero attached hydrogens (tertiary/aromatic N) is 1. The van der Waals surface area contributed by atoms with Crippen LogP contribution in [0.5, 0.6) is 11.5 Å². The molecule has 1 aromatic heterocycles. The molecule has 1 aliphatic carbocycles. The molecule has 0 unspecified atom stereocenters. The second kappa shape index (κ2) is 8.09. The van der Waals surface area contributed by atoms with Gasteiger partial charge >= 0.3 is 0 Å². The molecule has 3 aromatic rings. The van der Waals surface area contributed by atoms with Gasteiger partial charge in [0.2, 0.25) is 5.89 Å². The molecule has 26 heavy (non-hydrogen) atoms. The Kier molecular flexibility index (Phi) is 5.19. The molecule has 1 aliphatic rings. The topological polar surface area (TPSA) is 44.5 Å². The van der Waals surface area contributed by atoms with E-state index in [1.54, 1.807) is 6.26 Å². The average molecular weight is 349 g/mol. The minimum Gasteiger partial charge on any atom is -0.490 e. The highest BCUT2D eigenvalue weighted by molar-refractivity contribution is 5.52. The minimum atomic E-state index is 0.363. The highest BCUT2D eigenvalue weighted by Gasteiger charge is 2.14. The third kappa shape index (κ3) is 4.26. The van der Waals surface area contributed by atoms with Crippen molar-refractivity contribution in [1.29, 1.82) is 0 Å². The van der Waals surface area contributed by atoms with Gasteiger partial charge in [0.1, 0.15) is 30.1 Å². The van der Waals surface area contributed by atoms with Crippen LogP contribution in [0.2, 0.25) is 0 Å². The summed E-state index contributed by atoms with van der Waals surface area (Å²) in [4.78, 5) is 4.47. The van der Waals surface area contributed by atoms with E-state index in [0.717, 1.165) is 35.6 Å². The summed E-state index contributed by atoms with van der Waals surface area (Å²) in [5.41, 5.74) is 1.73. The second-order valence-electron chi connectivity index (χ2n) is 6.65. The Labute approximate surface area is 153 Å². The first-order valence-electron chi connectivity index (χ1n) is 9.26. The Balaban J connectivity index is 1.31. The lowest BCUT2D eigenvalue weighted by Gasteiger charge is -2.23. The molecular formula is C22H23NO3. The molecule has 1 saturated carbocycles. The van der Waals surface area contributed by atoms with E-state index in [1.165, 1.54) is 19.3 Å². The number of oxazole rings is 1. The van der Waals surface area contributed by atoms with E-state index in [9.17, 15) is 0 Å². The van der Waals surface area contributed by atoms with E-state index in [2.05, 4.69) is 4.98 Å². The van der Waals surface area contributed by atoms with Crippen LogP contribution >= 0.6 is 0 Å². The minimum absolute atomic E-state index is 0.363. The van der Waals surface area contributed by atoms with Crippen molar-refractivity contribution in [2.24, 2.45) is 0 Å². The number of rotatable bonds is 6. The summed E-state index contributed by atoms with van der Waals surface area (Å²) in [7, 11) is 0. The fourth-order valence-electron chi connectivity index (χ4n) is 3.23. The maximum absolute atomic E-state index is 6.04. The molecule has 0 radical (unpaired) electrons. The molecule has 0 amide bonds. The summed E-state index contributed by atoms with van der Waals surface area (Å²) in [5, 5.41) is 0. The van der Waals surface area contributed by atoms with Crippen molar-refractivity contribution in [1.82, 2.24) is 4.98 Å². The van der Waals surface area contributed by atoms with Crippen molar-refractivity contribution in [2.75, 3.05) is 0 Å². The molecule has 4 nitrogen and oxygen atoms in total. The Morgan fingerprint density at radius 3 is 2.38 bits per heavy atom. The first-order chi connectivity index (χ1) is 12.9. The van der Waals surface area contributed by atoms with Gasteiger partial charge in [0.05, 0.1) is 6.10 Å². The molecule has 4 heteroatoms. The maximum Gasteiger partial charge on any atom is 0.226 e. The van der Waals surface area contributed by atoms with Gasteiger partial charge in [-0.3, -0.25) is 0 Å². The molecule has 0 saturated heterocycles. The molecule has 1 fully saturated rings. The van der Waals surface area contributed by atoms with Crippen molar-refractivity contribution < 1.29 is 13.9 Å². The van der Waals surface area contributed by atoms with Crippen LogP contribution in [0.25, 0.3) is 11.5 Å². The molecule has 0 atom stereocenters. The van der Waals surface area contributed by atoms with Gasteiger partial charge in [-0.05, 0) is 62.1 Å². The number of hydrogen-bond acceptors (Lipinski definition) is 4. The number of benzene rings is 2. The van der Waals surface area contributed by atoms with Crippen molar-refractivity contribution in [3.63, 3.8) is 0 Å². The molecule has 134 valence electrons. The number of aromatic nitrogens is 1. The third-order valence-electron chi connectivity index (χ3n) is 4.64. The highest BCUT2D eigenvalue weighted by Crippen LogP contribution is 2.25. The van der Waals surface area contributed by atoms with Gasteiger partial charge in [-0.2, -0.15) is 0 Å². The smallest absolute Gasteiger partial charge is 0.226 e. The Morgan fingerprint density at radius 1 is 0.885 bits per heavy atom. The Hall–Kier alpha value is -2.75. The molecule has 0 N–H and O–H groups in total. The fraction of sp³-hybridized carbons (Fsp3) is 0.318. The SMILES string of the molecule is c1ccc(-c2nc(COc3ccc(OC4CCCCC4)cc3)co2)cc1. The van der Waals surface area contributed by atoms with E-state index >= 15 is 0 Å². The van der Waals surface area contributed by atoms with Gasteiger partial charge in [-0.25, -0.2) is 4.98 Å². The number of hydrogen-bond donors (Lipinski definition) is 0. The Bertz CT molecular complexity index is 805. The van der Waals surface area contributed by atoms with Crippen molar-refractivity contribution in [2.45, 2.75) is 44.8 Å². The van der Waals surface area contributed by atoms with Crippen molar-refractivity contribution in [3.05, 3.63) is 66.6 Å². The summed E-state index contributed by atoms with van der Waals surface area (Å²) < 4.78 is 17.4. The van der Waals surface area contributed by atoms with Crippen LogP contribution in [0.1, 0.15) is 37.8 Å². The first-order valence-corrected chi connectivity index (χ1v) is 9.26. The van der Waals surface area contributed by atoms with Crippen LogP contribution in [0.15, 0.2) is 65.3 Å². The fourth-order valence-corrected chi connectivity index (χ4v) is 3.23. The van der Waals surface area contributed by atoms with E-state index in [0.29, 0.717) is 18.6 Å². The monoisotopic (exact) mass is 349 g/mol. The molecule has 2 aromatic carbocycles. The van der Waals surface area contributed by atoms with Crippen LogP contribution in [0, 0.1) is 0 Å². The summed E-state index contributed by atoms with van der Waals surface area (Å²) in [5.74, 6) is 2.32. The van der Waals surface area contributed by atoms with Crippen LogP contribution in [0.3, 0.4) is 0 Å². The standard InChI is InChI=1S/C22H23NO3/c1-3-7-17(8-4-1)22-23-18(16-25-22)15-24-19-11-13-21(14-12-19)26-20-9-5-2-6-10-20/h1,3-4,7-8,11-14,16,20H,2,5-6,9-10,15H2. The largest absolute Gasteiger partial charge is 0.490 e. The van der Waals surface area contributed by atoms with E-state index in [-0.39, 0.29) is 0 Å². The second-order valence-corrected chi connectivity index (χ2v) is 6.65. The normalized spacial score (nSPS) is 14.9. The quantitative estimate of drug-likeness (QED) is 0.578. The highest BCUT2D eigenvalue weighted by atomic mass is 16.5. The number of ether oxygens (including phenoxy) is 2. The van der Waals surface area contributed by atoms with Gasteiger partial charge in [0.25, 0.3) is 0 Å². The van der Waals surface area contributed by atoms with E-state index < -0.39 is 0 Å². The summed E-state index contributed by atoms with van der Waals surface area (Å²) >= 11 is 0. The van der Waals surface area contributed by atoms with Crippen LogP contribution < -0.4 is 9.47 Å². The van der Waals surface area contributed by atoms with Crippen LogP contribution in [-0.2, 0) is 6.61 Å². The van der Waals surface area contributed by atoms with Crippen LogP contribution in [-0.4, -0.2) is 11.1 Å². The predicted octanol–water partition coefficient (Wildman–Crippen LogP) is 5.63.